The predicted octanol–water partition coefficient (Wildman–Crippen LogP) is 2.48. The third kappa shape index (κ3) is 3.17. The van der Waals surface area contributed by atoms with Crippen LogP contribution in [-0.2, 0) is 20.9 Å². The minimum absolute atomic E-state index is 0.0360. The van der Waals surface area contributed by atoms with Crippen molar-refractivity contribution in [1.29, 1.82) is 0 Å². The molecular weight excluding hydrogens is 366 g/mol. The summed E-state index contributed by atoms with van der Waals surface area (Å²) >= 11 is 0. The first-order valence-corrected chi connectivity index (χ1v) is 9.29. The molecule has 1 spiro atoms. The first-order chi connectivity index (χ1) is 13.5. The Morgan fingerprint density at radius 1 is 1.39 bits per heavy atom. The van der Waals surface area contributed by atoms with E-state index in [4.69, 9.17) is 13.7 Å². The monoisotopic (exact) mass is 387 g/mol. The normalized spacial score (nSPS) is 24.6. The van der Waals surface area contributed by atoms with Gasteiger partial charge in [-0.15, -0.1) is 0 Å². The number of aromatic nitrogens is 1. The molecular formula is C19H21N3O6. The quantitative estimate of drug-likeness (QED) is 0.619. The zero-order chi connectivity index (χ0) is 19.7. The van der Waals surface area contributed by atoms with Crippen LogP contribution in [0.1, 0.15) is 38.3 Å². The first-order valence-electron chi connectivity index (χ1n) is 9.29. The molecule has 1 aliphatic heterocycles. The number of furan rings is 1. The Kier molecular flexibility index (Phi) is 4.66. The summed E-state index contributed by atoms with van der Waals surface area (Å²) in [5.41, 5.74) is -0.492. The van der Waals surface area contributed by atoms with Crippen molar-refractivity contribution in [3.63, 3.8) is 0 Å². The minimum Gasteiger partial charge on any atom is -0.461 e. The lowest BCUT2D eigenvalue weighted by atomic mass is 9.73. The van der Waals surface area contributed by atoms with Gasteiger partial charge in [-0.3, -0.25) is 14.5 Å². The van der Waals surface area contributed by atoms with Crippen molar-refractivity contribution in [3.8, 4) is 11.5 Å². The molecule has 3 heterocycles. The fourth-order valence-electron chi connectivity index (χ4n) is 3.88. The fraction of sp³-hybridized carbons (Fsp3) is 0.474. The van der Waals surface area contributed by atoms with E-state index in [1.54, 1.807) is 18.2 Å². The van der Waals surface area contributed by atoms with Gasteiger partial charge in [-0.25, -0.2) is 4.79 Å². The lowest BCUT2D eigenvalue weighted by Gasteiger charge is -2.36. The Bertz CT molecular complexity index is 889. The summed E-state index contributed by atoms with van der Waals surface area (Å²) < 4.78 is 15.5. The van der Waals surface area contributed by atoms with Crippen LogP contribution >= 0.6 is 0 Å². The number of carbonyl (C=O) groups is 3. The number of amides is 3. The molecule has 9 heteroatoms. The van der Waals surface area contributed by atoms with Crippen LogP contribution in [0.15, 0.2) is 33.4 Å². The van der Waals surface area contributed by atoms with Crippen LogP contribution in [0, 0.1) is 5.92 Å². The summed E-state index contributed by atoms with van der Waals surface area (Å²) in [5.74, 6) is -0.0710. The molecule has 2 atom stereocenters. The van der Waals surface area contributed by atoms with E-state index in [1.165, 1.54) is 6.26 Å². The molecule has 9 nitrogen and oxygen atoms in total. The van der Waals surface area contributed by atoms with Crippen LogP contribution in [0.3, 0.4) is 0 Å². The van der Waals surface area contributed by atoms with Crippen molar-refractivity contribution in [1.82, 2.24) is 15.4 Å². The van der Waals surface area contributed by atoms with Crippen molar-refractivity contribution in [2.45, 2.75) is 44.8 Å². The van der Waals surface area contributed by atoms with Crippen LogP contribution in [0.25, 0.3) is 11.5 Å². The van der Waals surface area contributed by atoms with Gasteiger partial charge in [0.25, 0.3) is 5.91 Å². The second kappa shape index (κ2) is 7.14. The highest BCUT2D eigenvalue weighted by Gasteiger charge is 2.55. The zero-order valence-electron chi connectivity index (χ0n) is 15.5. The zero-order valence-corrected chi connectivity index (χ0v) is 15.5. The van der Waals surface area contributed by atoms with Gasteiger partial charge in [-0.2, -0.15) is 0 Å². The molecule has 0 unspecified atom stereocenters. The third-order valence-electron chi connectivity index (χ3n) is 5.49. The predicted molar refractivity (Wildman–Crippen MR) is 94.6 cm³/mol. The molecule has 2 aromatic heterocycles. The molecule has 1 saturated carbocycles. The maximum atomic E-state index is 12.8. The fourth-order valence-corrected chi connectivity index (χ4v) is 3.88. The average molecular weight is 387 g/mol. The standard InChI is InChI=1S/C19H21N3O6/c1-12-5-2-3-7-19(12)17(24)22(18(25)20-19)10-16(23)27-11-13-9-15(28-21-13)14-6-4-8-26-14/h4,6,8-9,12H,2-3,5,7,10-11H2,1H3,(H,20,25)/t12-,19-/m1/s1. The molecule has 2 aliphatic rings. The van der Waals surface area contributed by atoms with Gasteiger partial charge in [0.05, 0.1) is 6.26 Å². The van der Waals surface area contributed by atoms with E-state index in [2.05, 4.69) is 10.5 Å². The Morgan fingerprint density at radius 2 is 2.25 bits per heavy atom. The Balaban J connectivity index is 1.35. The van der Waals surface area contributed by atoms with Crippen molar-refractivity contribution in [3.05, 3.63) is 30.2 Å². The van der Waals surface area contributed by atoms with E-state index in [9.17, 15) is 14.4 Å². The van der Waals surface area contributed by atoms with Gasteiger partial charge >= 0.3 is 12.0 Å². The summed E-state index contributed by atoms with van der Waals surface area (Å²) in [6.07, 6.45) is 4.88. The summed E-state index contributed by atoms with van der Waals surface area (Å²) in [7, 11) is 0. The molecule has 0 aromatic carbocycles. The van der Waals surface area contributed by atoms with Gasteiger partial charge < -0.3 is 19.0 Å². The lowest BCUT2D eigenvalue weighted by Crippen LogP contribution is -2.54. The second-order valence-corrected chi connectivity index (χ2v) is 7.26. The van der Waals surface area contributed by atoms with Crippen LogP contribution in [0.2, 0.25) is 0 Å². The molecule has 148 valence electrons. The number of esters is 1. The van der Waals surface area contributed by atoms with Crippen LogP contribution < -0.4 is 5.32 Å². The number of nitrogens with one attached hydrogen (secondary N) is 1. The van der Waals surface area contributed by atoms with Crippen LogP contribution in [-0.4, -0.2) is 40.0 Å². The number of carbonyl (C=O) groups excluding carboxylic acids is 3. The maximum Gasteiger partial charge on any atom is 0.326 e. The molecule has 1 saturated heterocycles. The van der Waals surface area contributed by atoms with Crippen molar-refractivity contribution < 1.29 is 28.1 Å². The van der Waals surface area contributed by atoms with E-state index < -0.39 is 24.1 Å². The average Bonchev–Trinajstić information content (AvgIpc) is 3.40. The van der Waals surface area contributed by atoms with Crippen LogP contribution in [0.4, 0.5) is 4.79 Å². The number of hydrogen-bond acceptors (Lipinski definition) is 7. The number of imide groups is 1. The second-order valence-electron chi connectivity index (χ2n) is 7.26. The van der Waals surface area contributed by atoms with Gasteiger partial charge in [0, 0.05) is 6.07 Å². The summed E-state index contributed by atoms with van der Waals surface area (Å²) in [6.45, 7) is 1.40. The Morgan fingerprint density at radius 3 is 3.00 bits per heavy atom. The van der Waals surface area contributed by atoms with Crippen molar-refractivity contribution in [2.24, 2.45) is 5.92 Å². The number of hydrogen-bond donors (Lipinski definition) is 1. The van der Waals surface area contributed by atoms with Crippen LogP contribution in [0.5, 0.6) is 0 Å². The van der Waals surface area contributed by atoms with Crippen molar-refractivity contribution >= 4 is 17.9 Å². The SMILES string of the molecule is C[C@@H]1CCCC[C@@]12NC(=O)N(CC(=O)OCc1cc(-c3ccco3)on1)C2=O. The van der Waals surface area contributed by atoms with Gasteiger partial charge in [0.2, 0.25) is 5.76 Å². The molecule has 1 N–H and O–H groups in total. The van der Waals surface area contributed by atoms with Gasteiger partial charge in [0.1, 0.15) is 24.4 Å². The smallest absolute Gasteiger partial charge is 0.326 e. The van der Waals surface area contributed by atoms with E-state index in [0.717, 1.165) is 24.2 Å². The molecule has 0 bridgehead atoms. The Labute approximate surface area is 161 Å². The highest BCUT2D eigenvalue weighted by atomic mass is 16.5. The first kappa shape index (κ1) is 18.3. The lowest BCUT2D eigenvalue weighted by molar-refractivity contribution is -0.149. The highest BCUT2D eigenvalue weighted by Crippen LogP contribution is 2.38. The molecule has 3 amide bonds. The van der Waals surface area contributed by atoms with E-state index >= 15 is 0 Å². The molecule has 4 rings (SSSR count). The molecule has 0 radical (unpaired) electrons. The summed E-state index contributed by atoms with van der Waals surface area (Å²) in [4.78, 5) is 38.3. The molecule has 2 fully saturated rings. The Hall–Kier alpha value is -3.10. The molecule has 28 heavy (non-hydrogen) atoms. The summed E-state index contributed by atoms with van der Waals surface area (Å²) in [5, 5.41) is 6.62. The number of rotatable bonds is 5. The maximum absolute atomic E-state index is 12.8. The van der Waals surface area contributed by atoms with Gasteiger partial charge in [-0.05, 0) is 30.9 Å². The van der Waals surface area contributed by atoms with E-state index in [0.29, 0.717) is 23.6 Å². The van der Waals surface area contributed by atoms with Crippen molar-refractivity contribution in [2.75, 3.05) is 6.54 Å². The molecule has 1 aliphatic carbocycles. The molecule has 2 aromatic rings. The number of ether oxygens (including phenoxy) is 1. The topological polar surface area (TPSA) is 115 Å². The largest absolute Gasteiger partial charge is 0.461 e. The number of urea groups is 1. The van der Waals surface area contributed by atoms with Gasteiger partial charge in [-0.1, -0.05) is 24.9 Å². The minimum atomic E-state index is -0.889. The highest BCUT2D eigenvalue weighted by molar-refractivity contribution is 6.08. The van der Waals surface area contributed by atoms with Gasteiger partial charge in [0.15, 0.2) is 5.76 Å². The number of nitrogens with zero attached hydrogens (tertiary/aromatic N) is 2. The summed E-state index contributed by atoms with van der Waals surface area (Å²) in [6, 6.07) is 4.49. The van der Waals surface area contributed by atoms with E-state index in [-0.39, 0.29) is 18.4 Å². The van der Waals surface area contributed by atoms with E-state index in [1.807, 2.05) is 6.92 Å². The third-order valence-corrected chi connectivity index (χ3v) is 5.49.